The number of rotatable bonds is 6. The van der Waals surface area contributed by atoms with Gasteiger partial charge in [0.2, 0.25) is 0 Å². The molecule has 0 aliphatic rings. The largest absolute Gasteiger partial charge is 0.399 e. The quantitative estimate of drug-likeness (QED) is 0.745. The minimum Gasteiger partial charge on any atom is -0.399 e. The van der Waals surface area contributed by atoms with Gasteiger partial charge in [-0.2, -0.15) is 0 Å². The third-order valence-electron chi connectivity index (χ3n) is 3.38. The lowest BCUT2D eigenvalue weighted by Crippen LogP contribution is -2.32. The van der Waals surface area contributed by atoms with Gasteiger partial charge in [-0.05, 0) is 45.0 Å². The maximum atomic E-state index is 5.78. The first kappa shape index (κ1) is 13.8. The summed E-state index contributed by atoms with van der Waals surface area (Å²) in [7, 11) is 2.17. The number of benzene rings is 1. The molecule has 0 spiro atoms. The Labute approximate surface area is 105 Å². The van der Waals surface area contributed by atoms with Crippen LogP contribution >= 0.6 is 0 Å². The predicted octanol–water partition coefficient (Wildman–Crippen LogP) is 2.72. The summed E-state index contributed by atoms with van der Waals surface area (Å²) in [4.78, 5) is 2.37. The highest BCUT2D eigenvalue weighted by atomic mass is 15.1. The Kier molecular flexibility index (Phi) is 5.29. The molecular weight excluding hydrogens is 210 g/mol. The molecule has 17 heavy (non-hydrogen) atoms. The van der Waals surface area contributed by atoms with Gasteiger partial charge in [0, 0.05) is 30.5 Å². The molecule has 3 nitrogen and oxygen atoms in total. The van der Waals surface area contributed by atoms with Gasteiger partial charge < -0.3 is 16.0 Å². The van der Waals surface area contributed by atoms with Gasteiger partial charge in [-0.3, -0.25) is 0 Å². The molecule has 0 radical (unpaired) electrons. The highest BCUT2D eigenvalue weighted by Gasteiger charge is 2.06. The predicted molar refractivity (Wildman–Crippen MR) is 76.5 cm³/mol. The molecule has 0 aliphatic heterocycles. The number of nitrogens with one attached hydrogen (secondary N) is 1. The average molecular weight is 235 g/mol. The van der Waals surface area contributed by atoms with Crippen LogP contribution in [0.15, 0.2) is 18.2 Å². The molecule has 1 unspecified atom stereocenters. The van der Waals surface area contributed by atoms with Crippen LogP contribution in [0.2, 0.25) is 0 Å². The van der Waals surface area contributed by atoms with Crippen molar-refractivity contribution in [1.82, 2.24) is 4.90 Å². The normalized spacial score (nSPS) is 12.8. The third kappa shape index (κ3) is 4.27. The summed E-state index contributed by atoms with van der Waals surface area (Å²) in [5.41, 5.74) is 8.97. The number of hydrogen-bond acceptors (Lipinski definition) is 3. The van der Waals surface area contributed by atoms with Crippen LogP contribution in [0.5, 0.6) is 0 Å². The summed E-state index contributed by atoms with van der Waals surface area (Å²) in [6, 6.07) is 6.62. The van der Waals surface area contributed by atoms with E-state index in [4.69, 9.17) is 5.73 Å². The maximum absolute atomic E-state index is 5.78. The fourth-order valence-corrected chi connectivity index (χ4v) is 1.73. The first-order chi connectivity index (χ1) is 8.04. The van der Waals surface area contributed by atoms with Crippen molar-refractivity contribution in [3.05, 3.63) is 23.8 Å². The van der Waals surface area contributed by atoms with Crippen molar-refractivity contribution < 1.29 is 0 Å². The second-order valence-corrected chi connectivity index (χ2v) is 4.74. The average Bonchev–Trinajstić information content (AvgIpc) is 2.32. The van der Waals surface area contributed by atoms with E-state index in [0.29, 0.717) is 6.04 Å². The molecule has 0 aromatic heterocycles. The van der Waals surface area contributed by atoms with Crippen molar-refractivity contribution in [3.8, 4) is 0 Å². The summed E-state index contributed by atoms with van der Waals surface area (Å²) in [5, 5.41) is 3.44. The van der Waals surface area contributed by atoms with Crippen molar-refractivity contribution in [2.45, 2.75) is 33.2 Å². The van der Waals surface area contributed by atoms with Crippen LogP contribution in [-0.4, -0.2) is 31.1 Å². The molecule has 0 bridgehead atoms. The van der Waals surface area contributed by atoms with E-state index in [1.165, 1.54) is 12.0 Å². The molecule has 96 valence electrons. The van der Waals surface area contributed by atoms with Crippen LogP contribution in [-0.2, 0) is 0 Å². The Morgan fingerprint density at radius 1 is 1.41 bits per heavy atom. The number of aryl methyl sites for hydroxylation is 1. The Morgan fingerprint density at radius 2 is 2.12 bits per heavy atom. The molecular formula is C14H25N3. The SMILES string of the molecule is CCC(C)N(C)CCNc1cc(N)ccc1C. The summed E-state index contributed by atoms with van der Waals surface area (Å²) < 4.78 is 0. The van der Waals surface area contributed by atoms with Crippen LogP contribution in [0.1, 0.15) is 25.8 Å². The zero-order chi connectivity index (χ0) is 12.8. The van der Waals surface area contributed by atoms with E-state index in [9.17, 15) is 0 Å². The standard InChI is InChI=1S/C14H25N3/c1-5-12(3)17(4)9-8-16-14-10-13(15)7-6-11(14)2/h6-7,10,12,16H,5,8-9,15H2,1-4H3. The monoisotopic (exact) mass is 235 g/mol. The maximum Gasteiger partial charge on any atom is 0.0390 e. The van der Waals surface area contributed by atoms with Gasteiger partial charge in [0.25, 0.3) is 0 Å². The topological polar surface area (TPSA) is 41.3 Å². The van der Waals surface area contributed by atoms with Crippen LogP contribution < -0.4 is 11.1 Å². The van der Waals surface area contributed by atoms with Gasteiger partial charge in [0.1, 0.15) is 0 Å². The fraction of sp³-hybridized carbons (Fsp3) is 0.571. The van der Waals surface area contributed by atoms with E-state index in [1.54, 1.807) is 0 Å². The first-order valence-corrected chi connectivity index (χ1v) is 6.34. The number of hydrogen-bond donors (Lipinski definition) is 2. The zero-order valence-corrected chi connectivity index (χ0v) is 11.5. The van der Waals surface area contributed by atoms with E-state index >= 15 is 0 Å². The molecule has 0 amide bonds. The van der Waals surface area contributed by atoms with Crippen molar-refractivity contribution in [2.24, 2.45) is 0 Å². The first-order valence-electron chi connectivity index (χ1n) is 6.34. The lowest BCUT2D eigenvalue weighted by atomic mass is 10.2. The van der Waals surface area contributed by atoms with Gasteiger partial charge in [-0.1, -0.05) is 13.0 Å². The number of nitrogens with zero attached hydrogens (tertiary/aromatic N) is 1. The van der Waals surface area contributed by atoms with Crippen LogP contribution in [0.4, 0.5) is 11.4 Å². The Bertz CT molecular complexity index is 349. The molecule has 0 saturated carbocycles. The molecule has 1 rings (SSSR count). The minimum atomic E-state index is 0.638. The molecule has 0 fully saturated rings. The van der Waals surface area contributed by atoms with Crippen molar-refractivity contribution in [2.75, 3.05) is 31.2 Å². The number of likely N-dealkylation sites (N-methyl/N-ethyl adjacent to an activating group) is 1. The second kappa shape index (κ2) is 6.50. The molecule has 0 saturated heterocycles. The highest BCUT2D eigenvalue weighted by molar-refractivity contribution is 5.59. The highest BCUT2D eigenvalue weighted by Crippen LogP contribution is 2.17. The van der Waals surface area contributed by atoms with Gasteiger partial charge in [0.15, 0.2) is 0 Å². The summed E-state index contributed by atoms with van der Waals surface area (Å²) >= 11 is 0. The zero-order valence-electron chi connectivity index (χ0n) is 11.5. The van der Waals surface area contributed by atoms with E-state index in [1.807, 2.05) is 12.1 Å². The molecule has 0 aliphatic carbocycles. The lowest BCUT2D eigenvalue weighted by molar-refractivity contribution is 0.261. The lowest BCUT2D eigenvalue weighted by Gasteiger charge is -2.24. The molecule has 1 atom stereocenters. The van der Waals surface area contributed by atoms with Crippen molar-refractivity contribution in [1.29, 1.82) is 0 Å². The molecule has 1 aromatic carbocycles. The Balaban J connectivity index is 2.43. The van der Waals surface area contributed by atoms with Crippen LogP contribution in [0.3, 0.4) is 0 Å². The summed E-state index contributed by atoms with van der Waals surface area (Å²) in [6.07, 6.45) is 1.19. The van der Waals surface area contributed by atoms with Crippen molar-refractivity contribution in [3.63, 3.8) is 0 Å². The molecule has 3 N–H and O–H groups in total. The third-order valence-corrected chi connectivity index (χ3v) is 3.38. The summed E-state index contributed by atoms with van der Waals surface area (Å²) in [6.45, 7) is 8.57. The van der Waals surface area contributed by atoms with Gasteiger partial charge in [0.05, 0.1) is 0 Å². The molecule has 1 aromatic rings. The van der Waals surface area contributed by atoms with E-state index in [-0.39, 0.29) is 0 Å². The fourth-order valence-electron chi connectivity index (χ4n) is 1.73. The Hall–Kier alpha value is -1.22. The van der Waals surface area contributed by atoms with Gasteiger partial charge >= 0.3 is 0 Å². The van der Waals surface area contributed by atoms with Crippen molar-refractivity contribution >= 4 is 11.4 Å². The second-order valence-electron chi connectivity index (χ2n) is 4.74. The van der Waals surface area contributed by atoms with E-state index in [2.05, 4.69) is 44.1 Å². The van der Waals surface area contributed by atoms with Crippen LogP contribution in [0, 0.1) is 6.92 Å². The van der Waals surface area contributed by atoms with E-state index < -0.39 is 0 Å². The minimum absolute atomic E-state index is 0.638. The number of nitrogen functional groups attached to an aromatic ring is 1. The van der Waals surface area contributed by atoms with Gasteiger partial charge in [-0.15, -0.1) is 0 Å². The van der Waals surface area contributed by atoms with Crippen LogP contribution in [0.25, 0.3) is 0 Å². The molecule has 0 heterocycles. The number of anilines is 2. The summed E-state index contributed by atoms with van der Waals surface area (Å²) in [5.74, 6) is 0. The van der Waals surface area contributed by atoms with E-state index in [0.717, 1.165) is 24.5 Å². The smallest absolute Gasteiger partial charge is 0.0390 e. The number of nitrogens with two attached hydrogens (primary N) is 1. The Morgan fingerprint density at radius 3 is 2.76 bits per heavy atom. The molecule has 3 heteroatoms. The van der Waals surface area contributed by atoms with Gasteiger partial charge in [-0.25, -0.2) is 0 Å².